The van der Waals surface area contributed by atoms with E-state index >= 15 is 0 Å². The van der Waals surface area contributed by atoms with Gasteiger partial charge in [0, 0.05) is 24.8 Å². The molecule has 7 heteroatoms. The van der Waals surface area contributed by atoms with Crippen molar-refractivity contribution in [3.63, 3.8) is 0 Å². The minimum atomic E-state index is -3.36. The van der Waals surface area contributed by atoms with Crippen molar-refractivity contribution < 1.29 is 8.42 Å². The Morgan fingerprint density at radius 3 is 2.67 bits per heavy atom. The average Bonchev–Trinajstić information content (AvgIpc) is 3.28. The molecular formula is C17H19N3O2S2. The van der Waals surface area contributed by atoms with Crippen molar-refractivity contribution >= 4 is 21.4 Å². The smallest absolute Gasteiger partial charge is 0.252 e. The highest BCUT2D eigenvalue weighted by atomic mass is 32.2. The molecule has 0 amide bonds. The molecule has 3 rings (SSSR count). The van der Waals surface area contributed by atoms with Crippen LogP contribution in [0.25, 0.3) is 11.3 Å². The van der Waals surface area contributed by atoms with Crippen molar-refractivity contribution in [1.82, 2.24) is 14.5 Å². The molecule has 1 aromatic carbocycles. The van der Waals surface area contributed by atoms with Gasteiger partial charge in [0.1, 0.15) is 4.21 Å². The van der Waals surface area contributed by atoms with E-state index in [1.165, 1.54) is 15.6 Å². The van der Waals surface area contributed by atoms with Gasteiger partial charge in [0.15, 0.2) is 0 Å². The van der Waals surface area contributed by atoms with Crippen LogP contribution < -0.4 is 0 Å². The topological polar surface area (TPSA) is 66.1 Å². The van der Waals surface area contributed by atoms with Gasteiger partial charge in [-0.2, -0.15) is 5.10 Å². The molecule has 0 aliphatic carbocycles. The SMILES string of the molecule is CN(CCCc1cc(-c2ccccc2)n[nH]1)S(=O)(=O)c1cccs1. The molecule has 0 atom stereocenters. The standard InChI is InChI=1S/C17H19N3O2S2/c1-20(24(21,22)17-10-6-12-23-17)11-5-9-15-13-16(19-18-15)14-7-3-2-4-8-14/h2-4,6-8,10,12-13H,5,9,11H2,1H3,(H,18,19). The second-order valence-electron chi connectivity index (χ2n) is 5.51. The summed E-state index contributed by atoms with van der Waals surface area (Å²) in [4.78, 5) is 0. The molecule has 1 N–H and O–H groups in total. The Kier molecular flexibility index (Phi) is 5.13. The molecule has 0 spiro atoms. The quantitative estimate of drug-likeness (QED) is 0.701. The van der Waals surface area contributed by atoms with Crippen molar-refractivity contribution in [3.8, 4) is 11.3 Å². The fourth-order valence-corrected chi connectivity index (χ4v) is 4.83. The Balaban J connectivity index is 1.56. The summed E-state index contributed by atoms with van der Waals surface area (Å²) in [5.74, 6) is 0. The predicted molar refractivity (Wildman–Crippen MR) is 96.5 cm³/mol. The summed E-state index contributed by atoms with van der Waals surface area (Å²) in [7, 11) is -1.74. The van der Waals surface area contributed by atoms with Crippen LogP contribution in [0.5, 0.6) is 0 Å². The fraction of sp³-hybridized carbons (Fsp3) is 0.235. The van der Waals surface area contributed by atoms with Crippen molar-refractivity contribution in [2.45, 2.75) is 17.1 Å². The maximum Gasteiger partial charge on any atom is 0.252 e. The first kappa shape index (κ1) is 16.9. The number of aromatic nitrogens is 2. The van der Waals surface area contributed by atoms with E-state index in [0.717, 1.165) is 29.8 Å². The van der Waals surface area contributed by atoms with E-state index in [2.05, 4.69) is 10.2 Å². The largest absolute Gasteiger partial charge is 0.282 e. The Morgan fingerprint density at radius 2 is 1.96 bits per heavy atom. The molecule has 0 aliphatic heterocycles. The number of rotatable bonds is 7. The van der Waals surface area contributed by atoms with Gasteiger partial charge in [0.2, 0.25) is 0 Å². The number of H-pyrrole nitrogens is 1. The highest BCUT2D eigenvalue weighted by Gasteiger charge is 2.21. The van der Waals surface area contributed by atoms with Gasteiger partial charge < -0.3 is 0 Å². The molecule has 0 saturated carbocycles. The number of hydrogen-bond donors (Lipinski definition) is 1. The van der Waals surface area contributed by atoms with Crippen LogP contribution in [0.15, 0.2) is 58.1 Å². The molecule has 0 radical (unpaired) electrons. The zero-order valence-corrected chi connectivity index (χ0v) is 15.0. The molecule has 0 unspecified atom stereocenters. The van der Waals surface area contributed by atoms with Crippen LogP contribution in [-0.2, 0) is 16.4 Å². The van der Waals surface area contributed by atoms with E-state index in [1.54, 1.807) is 24.6 Å². The second-order valence-corrected chi connectivity index (χ2v) is 8.73. The zero-order valence-electron chi connectivity index (χ0n) is 13.3. The molecule has 24 heavy (non-hydrogen) atoms. The number of hydrogen-bond acceptors (Lipinski definition) is 4. The lowest BCUT2D eigenvalue weighted by molar-refractivity contribution is 0.462. The summed E-state index contributed by atoms with van der Waals surface area (Å²) in [6.07, 6.45) is 1.49. The molecule has 2 heterocycles. The minimum Gasteiger partial charge on any atom is -0.282 e. The Morgan fingerprint density at radius 1 is 1.17 bits per heavy atom. The first-order chi connectivity index (χ1) is 11.6. The van der Waals surface area contributed by atoms with E-state index in [1.807, 2.05) is 36.4 Å². The Bertz CT molecular complexity index is 872. The molecule has 126 valence electrons. The zero-order chi connectivity index (χ0) is 17.0. The van der Waals surface area contributed by atoms with Gasteiger partial charge in [-0.3, -0.25) is 5.10 Å². The third kappa shape index (κ3) is 3.75. The van der Waals surface area contributed by atoms with E-state index in [4.69, 9.17) is 0 Å². The molecule has 0 aliphatic rings. The monoisotopic (exact) mass is 361 g/mol. The molecule has 3 aromatic rings. The normalized spacial score (nSPS) is 11.9. The summed E-state index contributed by atoms with van der Waals surface area (Å²) in [5, 5.41) is 9.12. The Labute approximate surface area is 146 Å². The first-order valence-electron chi connectivity index (χ1n) is 7.67. The van der Waals surface area contributed by atoms with Gasteiger partial charge in [-0.1, -0.05) is 36.4 Å². The van der Waals surface area contributed by atoms with Crippen LogP contribution in [0, 0.1) is 0 Å². The number of sulfonamides is 1. The fourth-order valence-electron chi connectivity index (χ4n) is 2.42. The van der Waals surface area contributed by atoms with Crippen LogP contribution in [0.2, 0.25) is 0 Å². The van der Waals surface area contributed by atoms with Gasteiger partial charge in [0.25, 0.3) is 10.0 Å². The second kappa shape index (κ2) is 7.29. The van der Waals surface area contributed by atoms with Gasteiger partial charge in [-0.25, -0.2) is 12.7 Å². The maximum atomic E-state index is 12.3. The molecular weight excluding hydrogens is 342 g/mol. The van der Waals surface area contributed by atoms with E-state index in [-0.39, 0.29) is 0 Å². The van der Waals surface area contributed by atoms with Gasteiger partial charge >= 0.3 is 0 Å². The molecule has 0 bridgehead atoms. The molecule has 0 saturated heterocycles. The van der Waals surface area contributed by atoms with Crippen molar-refractivity contribution in [3.05, 3.63) is 59.6 Å². The van der Waals surface area contributed by atoms with Crippen LogP contribution in [0.4, 0.5) is 0 Å². The number of aryl methyl sites for hydroxylation is 1. The van der Waals surface area contributed by atoms with Crippen molar-refractivity contribution in [2.75, 3.05) is 13.6 Å². The van der Waals surface area contributed by atoms with Crippen LogP contribution in [0.1, 0.15) is 12.1 Å². The lowest BCUT2D eigenvalue weighted by Gasteiger charge is -2.15. The lowest BCUT2D eigenvalue weighted by atomic mass is 10.1. The van der Waals surface area contributed by atoms with E-state index in [0.29, 0.717) is 10.8 Å². The Hall–Kier alpha value is -1.96. The number of benzene rings is 1. The molecule has 5 nitrogen and oxygen atoms in total. The van der Waals surface area contributed by atoms with Gasteiger partial charge in [-0.15, -0.1) is 11.3 Å². The number of aromatic amines is 1. The maximum absolute atomic E-state index is 12.3. The van der Waals surface area contributed by atoms with Crippen LogP contribution in [0.3, 0.4) is 0 Å². The summed E-state index contributed by atoms with van der Waals surface area (Å²) in [6, 6.07) is 15.4. The summed E-state index contributed by atoms with van der Waals surface area (Å²) >= 11 is 1.24. The van der Waals surface area contributed by atoms with Gasteiger partial charge in [0.05, 0.1) is 5.69 Å². The lowest BCUT2D eigenvalue weighted by Crippen LogP contribution is -2.27. The average molecular weight is 361 g/mol. The van der Waals surface area contributed by atoms with Gasteiger partial charge in [-0.05, 0) is 30.4 Å². The molecule has 2 aromatic heterocycles. The minimum absolute atomic E-state index is 0.387. The number of thiophene rings is 1. The van der Waals surface area contributed by atoms with Crippen LogP contribution in [-0.4, -0.2) is 36.5 Å². The summed E-state index contributed by atoms with van der Waals surface area (Å²) in [5.41, 5.74) is 2.98. The van der Waals surface area contributed by atoms with Crippen LogP contribution >= 0.6 is 11.3 Å². The summed E-state index contributed by atoms with van der Waals surface area (Å²) in [6.45, 7) is 0.472. The number of nitrogens with one attached hydrogen (secondary N) is 1. The van der Waals surface area contributed by atoms with E-state index in [9.17, 15) is 8.42 Å². The number of nitrogens with zero attached hydrogens (tertiary/aromatic N) is 2. The third-order valence-corrected chi connectivity index (χ3v) is 7.01. The van der Waals surface area contributed by atoms with Crippen molar-refractivity contribution in [2.24, 2.45) is 0 Å². The predicted octanol–water partition coefficient (Wildman–Crippen LogP) is 3.39. The highest BCUT2D eigenvalue weighted by Crippen LogP contribution is 2.21. The third-order valence-electron chi connectivity index (χ3n) is 3.78. The van der Waals surface area contributed by atoms with Crippen molar-refractivity contribution in [1.29, 1.82) is 0 Å². The first-order valence-corrected chi connectivity index (χ1v) is 9.99. The molecule has 0 fully saturated rings. The summed E-state index contributed by atoms with van der Waals surface area (Å²) < 4.78 is 26.5. The highest BCUT2D eigenvalue weighted by molar-refractivity contribution is 7.91. The van der Waals surface area contributed by atoms with E-state index < -0.39 is 10.0 Å².